The number of amides is 1. The molecular formula is C6H11NO3. The summed E-state index contributed by atoms with van der Waals surface area (Å²) in [6.45, 7) is 3.51. The maximum absolute atomic E-state index is 10.4. The van der Waals surface area contributed by atoms with Crippen molar-refractivity contribution >= 4 is 5.91 Å². The number of aliphatic hydroxyl groups excluding tert-OH is 1. The molecule has 1 amide bonds. The second-order valence-corrected chi connectivity index (χ2v) is 2.26. The van der Waals surface area contributed by atoms with Crippen molar-refractivity contribution in [3.63, 3.8) is 0 Å². The highest BCUT2D eigenvalue weighted by molar-refractivity contribution is 5.81. The first-order valence-electron chi connectivity index (χ1n) is 3.18. The Bertz CT molecular complexity index is 135. The van der Waals surface area contributed by atoms with Crippen LogP contribution in [0.2, 0.25) is 0 Å². The molecule has 0 saturated heterocycles. The normalized spacial score (nSPS) is 15.9. The Hall–Kier alpha value is -0.770. The lowest BCUT2D eigenvalue weighted by Gasteiger charge is -2.10. The van der Waals surface area contributed by atoms with E-state index >= 15 is 0 Å². The van der Waals surface area contributed by atoms with Gasteiger partial charge in [-0.25, -0.2) is 0 Å². The van der Waals surface area contributed by atoms with E-state index in [2.05, 4.69) is 5.18 Å². The summed E-state index contributed by atoms with van der Waals surface area (Å²) in [7, 11) is 0. The van der Waals surface area contributed by atoms with Gasteiger partial charge in [0.1, 0.15) is 6.10 Å². The van der Waals surface area contributed by atoms with Crippen LogP contribution in [-0.4, -0.2) is 17.1 Å². The van der Waals surface area contributed by atoms with Crippen LogP contribution in [0.1, 0.15) is 20.3 Å². The molecular weight excluding hydrogens is 134 g/mol. The predicted octanol–water partition coefficient (Wildman–Crippen LogP) is 0.686. The van der Waals surface area contributed by atoms with Gasteiger partial charge in [-0.2, -0.15) is 0 Å². The van der Waals surface area contributed by atoms with Crippen LogP contribution >= 0.6 is 0 Å². The molecule has 0 radical (unpaired) electrons. The molecule has 0 aliphatic rings. The number of hydrogen-bond acceptors (Lipinski definition) is 3. The van der Waals surface area contributed by atoms with Crippen LogP contribution in [0.15, 0.2) is 5.18 Å². The molecule has 0 aromatic rings. The van der Waals surface area contributed by atoms with Crippen molar-refractivity contribution in [2.75, 3.05) is 0 Å². The highest BCUT2D eigenvalue weighted by atomic mass is 16.3. The van der Waals surface area contributed by atoms with E-state index in [0.29, 0.717) is 6.42 Å². The molecule has 0 aliphatic heterocycles. The van der Waals surface area contributed by atoms with Crippen molar-refractivity contribution in [3.05, 3.63) is 4.91 Å². The summed E-state index contributed by atoms with van der Waals surface area (Å²) >= 11 is 0. The fraction of sp³-hybridized carbons (Fsp3) is 0.833. The Balaban J connectivity index is 3.93. The van der Waals surface area contributed by atoms with Crippen molar-refractivity contribution in [1.29, 1.82) is 0 Å². The van der Waals surface area contributed by atoms with Gasteiger partial charge in [0.15, 0.2) is 0 Å². The summed E-state index contributed by atoms with van der Waals surface area (Å²) in [6, 6.07) is 0. The van der Waals surface area contributed by atoms with Crippen LogP contribution in [0.25, 0.3) is 0 Å². The third-order valence-corrected chi connectivity index (χ3v) is 1.53. The third kappa shape index (κ3) is 2.23. The molecule has 0 heterocycles. The van der Waals surface area contributed by atoms with Gasteiger partial charge in [0.2, 0.25) is 0 Å². The van der Waals surface area contributed by atoms with Gasteiger partial charge in [-0.1, -0.05) is 20.3 Å². The van der Waals surface area contributed by atoms with Crippen LogP contribution in [0, 0.1) is 10.8 Å². The molecule has 0 aromatic heterocycles. The van der Waals surface area contributed by atoms with Gasteiger partial charge in [0, 0.05) is 5.18 Å². The number of aliphatic hydroxyl groups is 1. The molecule has 10 heavy (non-hydrogen) atoms. The van der Waals surface area contributed by atoms with E-state index in [4.69, 9.17) is 5.11 Å². The zero-order valence-electron chi connectivity index (χ0n) is 6.07. The van der Waals surface area contributed by atoms with Crippen molar-refractivity contribution < 1.29 is 9.90 Å². The molecule has 1 N–H and O–H groups in total. The molecule has 0 aliphatic carbocycles. The Morgan fingerprint density at radius 1 is 1.70 bits per heavy atom. The van der Waals surface area contributed by atoms with Crippen LogP contribution in [0.5, 0.6) is 0 Å². The van der Waals surface area contributed by atoms with Gasteiger partial charge in [-0.05, 0) is 5.92 Å². The van der Waals surface area contributed by atoms with Gasteiger partial charge in [0.05, 0.1) is 0 Å². The Morgan fingerprint density at radius 2 is 2.20 bits per heavy atom. The van der Waals surface area contributed by atoms with Gasteiger partial charge < -0.3 is 5.11 Å². The Labute approximate surface area is 59.2 Å². The SMILES string of the molecule is CC[C@H](C)[C@H](O)C(=O)N=O. The minimum Gasteiger partial charge on any atom is -0.383 e. The van der Waals surface area contributed by atoms with Crippen LogP contribution in [0.4, 0.5) is 0 Å². The highest BCUT2D eigenvalue weighted by Gasteiger charge is 2.20. The van der Waals surface area contributed by atoms with Crippen molar-refractivity contribution in [2.24, 2.45) is 11.1 Å². The van der Waals surface area contributed by atoms with Gasteiger partial charge in [0.25, 0.3) is 0 Å². The summed E-state index contributed by atoms with van der Waals surface area (Å²) in [5.41, 5.74) is 0. The van der Waals surface area contributed by atoms with Crippen LogP contribution < -0.4 is 0 Å². The fourth-order valence-electron chi connectivity index (χ4n) is 0.521. The first-order chi connectivity index (χ1) is 4.63. The monoisotopic (exact) mass is 145 g/mol. The predicted molar refractivity (Wildman–Crippen MR) is 36.3 cm³/mol. The summed E-state index contributed by atoms with van der Waals surface area (Å²) in [6.07, 6.45) is -0.565. The Morgan fingerprint density at radius 3 is 2.50 bits per heavy atom. The second-order valence-electron chi connectivity index (χ2n) is 2.26. The van der Waals surface area contributed by atoms with Gasteiger partial charge in [-0.15, -0.1) is 4.91 Å². The van der Waals surface area contributed by atoms with Crippen LogP contribution in [-0.2, 0) is 4.79 Å². The van der Waals surface area contributed by atoms with Crippen molar-refractivity contribution in [3.8, 4) is 0 Å². The fourth-order valence-corrected chi connectivity index (χ4v) is 0.521. The number of carbonyl (C=O) groups excluding carboxylic acids is 1. The topological polar surface area (TPSA) is 66.7 Å². The standard InChI is InChI=1S/C6H11NO3/c1-3-4(2)5(8)6(9)7-10/h4-5,8H,3H2,1-2H3/t4-,5-/m0/s1. The molecule has 4 nitrogen and oxygen atoms in total. The molecule has 0 spiro atoms. The van der Waals surface area contributed by atoms with E-state index in [1.165, 1.54) is 0 Å². The molecule has 0 bridgehead atoms. The first-order valence-corrected chi connectivity index (χ1v) is 3.18. The van der Waals surface area contributed by atoms with E-state index in [9.17, 15) is 9.70 Å². The second kappa shape index (κ2) is 4.11. The lowest BCUT2D eigenvalue weighted by Crippen LogP contribution is -2.25. The van der Waals surface area contributed by atoms with Crippen molar-refractivity contribution in [1.82, 2.24) is 0 Å². The molecule has 0 fully saturated rings. The summed E-state index contributed by atoms with van der Waals surface area (Å²) < 4.78 is 0. The average molecular weight is 145 g/mol. The number of carbonyl (C=O) groups is 1. The maximum Gasteiger partial charge on any atom is 0.314 e. The first kappa shape index (κ1) is 9.23. The highest BCUT2D eigenvalue weighted by Crippen LogP contribution is 2.07. The molecule has 0 rings (SSSR count). The zero-order valence-corrected chi connectivity index (χ0v) is 6.07. The van der Waals surface area contributed by atoms with Gasteiger partial charge in [-0.3, -0.25) is 4.79 Å². The number of nitroso groups, excluding NO2 is 1. The average Bonchev–Trinajstić information content (AvgIpc) is 2.00. The minimum atomic E-state index is -1.22. The van der Waals surface area contributed by atoms with Gasteiger partial charge >= 0.3 is 5.91 Å². The smallest absolute Gasteiger partial charge is 0.314 e. The largest absolute Gasteiger partial charge is 0.383 e. The van der Waals surface area contributed by atoms with E-state index in [0.717, 1.165) is 0 Å². The van der Waals surface area contributed by atoms with E-state index < -0.39 is 12.0 Å². The quantitative estimate of drug-likeness (QED) is 0.594. The zero-order chi connectivity index (χ0) is 8.15. The Kier molecular flexibility index (Phi) is 3.79. The number of nitrogens with zero attached hydrogens (tertiary/aromatic N) is 1. The maximum atomic E-state index is 10.4. The lowest BCUT2D eigenvalue weighted by atomic mass is 10.0. The molecule has 2 atom stereocenters. The summed E-state index contributed by atoms with van der Waals surface area (Å²) in [4.78, 5) is 20.0. The van der Waals surface area contributed by atoms with E-state index in [-0.39, 0.29) is 5.92 Å². The number of rotatable bonds is 3. The molecule has 4 heteroatoms. The van der Waals surface area contributed by atoms with Crippen molar-refractivity contribution in [2.45, 2.75) is 26.4 Å². The molecule has 0 aromatic carbocycles. The van der Waals surface area contributed by atoms with E-state index in [1.54, 1.807) is 6.92 Å². The minimum absolute atomic E-state index is 0.190. The third-order valence-electron chi connectivity index (χ3n) is 1.53. The van der Waals surface area contributed by atoms with Crippen LogP contribution in [0.3, 0.4) is 0 Å². The lowest BCUT2D eigenvalue weighted by molar-refractivity contribution is -0.128. The van der Waals surface area contributed by atoms with E-state index in [1.807, 2.05) is 6.92 Å². The summed E-state index contributed by atoms with van der Waals surface area (Å²) in [5.74, 6) is -1.17. The molecule has 0 unspecified atom stereocenters. The number of hydrogen-bond donors (Lipinski definition) is 1. The summed E-state index contributed by atoms with van der Waals surface area (Å²) in [5, 5.41) is 11.1. The molecule has 58 valence electrons. The molecule has 0 saturated carbocycles.